The molecule has 0 bridgehead atoms. The van der Waals surface area contributed by atoms with E-state index in [9.17, 15) is 9.59 Å². The molecule has 0 aliphatic rings. The van der Waals surface area contributed by atoms with Crippen molar-refractivity contribution in [2.45, 2.75) is 25.5 Å². The van der Waals surface area contributed by atoms with Gasteiger partial charge in [0, 0.05) is 22.5 Å². The van der Waals surface area contributed by atoms with Crippen LogP contribution in [0.1, 0.15) is 37.9 Å². The van der Waals surface area contributed by atoms with Crippen LogP contribution < -0.4 is 5.43 Å². The van der Waals surface area contributed by atoms with Gasteiger partial charge in [0.25, 0.3) is 5.91 Å². The van der Waals surface area contributed by atoms with E-state index in [1.54, 1.807) is 47.6 Å². The maximum atomic E-state index is 12.9. The standard InChI is InChI=1S/C22H21N5O3S/c1-15-11-19(16(2)27(15)25-21(29)17-7-4-3-5-8-17)20(28)13-31-22-24-23-14-26(22)12-18-9-6-10-30-18/h3-11,14H,12-13H2,1-2H3,(H,25,29). The van der Waals surface area contributed by atoms with Gasteiger partial charge < -0.3 is 8.98 Å². The molecule has 0 aliphatic heterocycles. The van der Waals surface area contributed by atoms with Crippen LogP contribution in [0.15, 0.2) is 70.7 Å². The lowest BCUT2D eigenvalue weighted by Crippen LogP contribution is -2.25. The molecule has 0 aliphatic carbocycles. The zero-order valence-electron chi connectivity index (χ0n) is 17.1. The lowest BCUT2D eigenvalue weighted by atomic mass is 10.2. The van der Waals surface area contributed by atoms with Crippen LogP contribution in [0.4, 0.5) is 0 Å². The SMILES string of the molecule is Cc1cc(C(=O)CSc2nncn2Cc2ccco2)c(C)n1NC(=O)c1ccccc1. The minimum absolute atomic E-state index is 0.0501. The first kappa shape index (κ1) is 20.7. The molecule has 0 fully saturated rings. The quantitative estimate of drug-likeness (QED) is 0.335. The zero-order valence-corrected chi connectivity index (χ0v) is 17.9. The predicted molar refractivity (Wildman–Crippen MR) is 117 cm³/mol. The summed E-state index contributed by atoms with van der Waals surface area (Å²) in [4.78, 5) is 25.4. The topological polar surface area (TPSA) is 94.9 Å². The van der Waals surface area contributed by atoms with Crippen molar-refractivity contribution in [3.05, 3.63) is 89.4 Å². The number of carbonyl (C=O) groups is 2. The molecule has 1 aromatic carbocycles. The molecular formula is C22H21N5O3S. The third-order valence-electron chi connectivity index (χ3n) is 4.80. The molecule has 158 valence electrons. The molecule has 0 saturated carbocycles. The Hall–Kier alpha value is -3.59. The number of nitrogens with zero attached hydrogens (tertiary/aromatic N) is 4. The van der Waals surface area contributed by atoms with Crippen molar-refractivity contribution >= 4 is 23.5 Å². The number of furan rings is 1. The third kappa shape index (κ3) is 4.61. The molecule has 4 rings (SSSR count). The van der Waals surface area contributed by atoms with Crippen molar-refractivity contribution in [2.75, 3.05) is 11.2 Å². The second kappa shape index (κ2) is 9.05. The summed E-state index contributed by atoms with van der Waals surface area (Å²) in [5.41, 5.74) is 5.43. The van der Waals surface area contributed by atoms with E-state index in [-0.39, 0.29) is 17.4 Å². The van der Waals surface area contributed by atoms with Gasteiger partial charge in [-0.05, 0) is 44.2 Å². The highest BCUT2D eigenvalue weighted by Gasteiger charge is 2.19. The molecule has 3 heterocycles. The van der Waals surface area contributed by atoms with Crippen LogP contribution in [0.3, 0.4) is 0 Å². The van der Waals surface area contributed by atoms with E-state index in [0.29, 0.717) is 28.5 Å². The van der Waals surface area contributed by atoms with Crippen molar-refractivity contribution in [3.8, 4) is 0 Å². The van der Waals surface area contributed by atoms with Crippen LogP contribution >= 0.6 is 11.8 Å². The molecule has 0 radical (unpaired) electrons. The lowest BCUT2D eigenvalue weighted by Gasteiger charge is -2.11. The maximum Gasteiger partial charge on any atom is 0.270 e. The summed E-state index contributed by atoms with van der Waals surface area (Å²) in [7, 11) is 0. The number of nitrogens with one attached hydrogen (secondary N) is 1. The van der Waals surface area contributed by atoms with E-state index in [1.165, 1.54) is 11.8 Å². The number of Topliss-reactive ketones (excluding diaryl/α,β-unsaturated/α-hetero) is 1. The van der Waals surface area contributed by atoms with E-state index < -0.39 is 0 Å². The number of hydrogen-bond donors (Lipinski definition) is 1. The van der Waals surface area contributed by atoms with Crippen molar-refractivity contribution in [2.24, 2.45) is 0 Å². The van der Waals surface area contributed by atoms with Crippen LogP contribution in [-0.4, -0.2) is 36.9 Å². The Morgan fingerprint density at radius 3 is 2.68 bits per heavy atom. The predicted octanol–water partition coefficient (Wildman–Crippen LogP) is 3.70. The first-order chi connectivity index (χ1) is 15.0. The summed E-state index contributed by atoms with van der Waals surface area (Å²) in [5.74, 6) is 0.701. The lowest BCUT2D eigenvalue weighted by molar-refractivity contribution is 0.0999. The van der Waals surface area contributed by atoms with Gasteiger partial charge in [-0.25, -0.2) is 0 Å². The number of ketones is 1. The molecule has 0 unspecified atom stereocenters. The van der Waals surface area contributed by atoms with Crippen molar-refractivity contribution in [1.29, 1.82) is 0 Å². The van der Waals surface area contributed by atoms with Gasteiger partial charge in [-0.15, -0.1) is 10.2 Å². The van der Waals surface area contributed by atoms with Crippen LogP contribution in [-0.2, 0) is 6.54 Å². The van der Waals surface area contributed by atoms with Crippen molar-refractivity contribution in [3.63, 3.8) is 0 Å². The molecule has 4 aromatic rings. The van der Waals surface area contributed by atoms with Crippen LogP contribution in [0.2, 0.25) is 0 Å². The highest BCUT2D eigenvalue weighted by Crippen LogP contribution is 2.21. The fourth-order valence-corrected chi connectivity index (χ4v) is 4.01. The molecule has 3 aromatic heterocycles. The second-order valence-corrected chi connectivity index (χ2v) is 7.90. The molecule has 1 N–H and O–H groups in total. The Kier molecular flexibility index (Phi) is 6.03. The molecule has 1 amide bonds. The van der Waals surface area contributed by atoms with Gasteiger partial charge in [-0.1, -0.05) is 30.0 Å². The molecule has 0 saturated heterocycles. The summed E-state index contributed by atoms with van der Waals surface area (Å²) >= 11 is 1.31. The van der Waals surface area contributed by atoms with E-state index >= 15 is 0 Å². The number of hydrogen-bond acceptors (Lipinski definition) is 6. The monoisotopic (exact) mass is 435 g/mol. The number of carbonyl (C=O) groups excluding carboxylic acids is 2. The minimum Gasteiger partial charge on any atom is -0.467 e. The van der Waals surface area contributed by atoms with Crippen LogP contribution in [0.25, 0.3) is 0 Å². The van der Waals surface area contributed by atoms with Crippen molar-refractivity contribution in [1.82, 2.24) is 19.4 Å². The average molecular weight is 436 g/mol. The van der Waals surface area contributed by atoms with E-state index in [0.717, 1.165) is 11.5 Å². The molecule has 8 nitrogen and oxygen atoms in total. The van der Waals surface area contributed by atoms with Crippen LogP contribution in [0.5, 0.6) is 0 Å². The Labute approximate surface area is 183 Å². The molecule has 0 atom stereocenters. The number of amides is 1. The zero-order chi connectivity index (χ0) is 21.8. The summed E-state index contributed by atoms with van der Waals surface area (Å²) in [6.45, 7) is 4.16. The van der Waals surface area contributed by atoms with Crippen LogP contribution in [0, 0.1) is 13.8 Å². The smallest absolute Gasteiger partial charge is 0.270 e. The maximum absolute atomic E-state index is 12.9. The summed E-state index contributed by atoms with van der Waals surface area (Å²) in [5, 5.41) is 8.67. The Bertz CT molecular complexity index is 1200. The van der Waals surface area contributed by atoms with Crippen molar-refractivity contribution < 1.29 is 14.0 Å². The van der Waals surface area contributed by atoms with Gasteiger partial charge in [0.05, 0.1) is 18.6 Å². The Morgan fingerprint density at radius 2 is 1.94 bits per heavy atom. The normalized spacial score (nSPS) is 10.9. The Morgan fingerprint density at radius 1 is 1.13 bits per heavy atom. The largest absolute Gasteiger partial charge is 0.467 e. The third-order valence-corrected chi connectivity index (χ3v) is 5.78. The summed E-state index contributed by atoms with van der Waals surface area (Å²) in [6.07, 6.45) is 3.22. The summed E-state index contributed by atoms with van der Waals surface area (Å²) < 4.78 is 8.84. The first-order valence-electron chi connectivity index (χ1n) is 9.64. The molecular weight excluding hydrogens is 414 g/mol. The minimum atomic E-state index is -0.234. The number of rotatable bonds is 8. The highest BCUT2D eigenvalue weighted by molar-refractivity contribution is 7.99. The second-order valence-electron chi connectivity index (χ2n) is 6.96. The molecule has 9 heteroatoms. The van der Waals surface area contributed by atoms with Gasteiger partial charge in [0.1, 0.15) is 12.1 Å². The number of aryl methyl sites for hydroxylation is 1. The first-order valence-corrected chi connectivity index (χ1v) is 10.6. The summed E-state index contributed by atoms with van der Waals surface area (Å²) in [6, 6.07) is 14.4. The fourth-order valence-electron chi connectivity index (χ4n) is 3.22. The number of aromatic nitrogens is 4. The molecule has 31 heavy (non-hydrogen) atoms. The number of thioether (sulfide) groups is 1. The highest BCUT2D eigenvalue weighted by atomic mass is 32.2. The average Bonchev–Trinajstić information content (AvgIpc) is 3.51. The number of benzene rings is 1. The van der Waals surface area contributed by atoms with Gasteiger partial charge >= 0.3 is 0 Å². The Balaban J connectivity index is 1.43. The van der Waals surface area contributed by atoms with Gasteiger partial charge in [-0.3, -0.25) is 19.7 Å². The van der Waals surface area contributed by atoms with E-state index in [1.807, 2.05) is 36.6 Å². The van der Waals surface area contributed by atoms with Gasteiger partial charge in [0.2, 0.25) is 0 Å². The van der Waals surface area contributed by atoms with E-state index in [2.05, 4.69) is 15.6 Å². The van der Waals surface area contributed by atoms with Gasteiger partial charge in [0.15, 0.2) is 10.9 Å². The fraction of sp³-hybridized carbons (Fsp3) is 0.182. The van der Waals surface area contributed by atoms with Gasteiger partial charge in [-0.2, -0.15) is 0 Å². The molecule has 0 spiro atoms. The van der Waals surface area contributed by atoms with E-state index in [4.69, 9.17) is 4.42 Å².